The molecule has 0 aromatic heterocycles. The van der Waals surface area contributed by atoms with Gasteiger partial charge >= 0.3 is 5.97 Å². The predicted molar refractivity (Wildman–Crippen MR) is 228 cm³/mol. The minimum atomic E-state index is -1.78. The van der Waals surface area contributed by atoms with Gasteiger partial charge < -0.3 is 94.8 Å². The fraction of sp³-hybridized carbons (Fsp3) is 0.936. The molecule has 0 unspecified atom stereocenters. The molecule has 7 fully saturated rings. The molecule has 24 atom stereocenters. The van der Waals surface area contributed by atoms with Crippen molar-refractivity contribution in [3.8, 4) is 0 Å². The summed E-state index contributed by atoms with van der Waals surface area (Å²) in [6, 6.07) is 0. The summed E-state index contributed by atoms with van der Waals surface area (Å²) >= 11 is 0. The zero-order chi connectivity index (χ0) is 49.1. The summed E-state index contributed by atoms with van der Waals surface area (Å²) < 4.78 is 35.4. The van der Waals surface area contributed by atoms with Gasteiger partial charge in [-0.15, -0.1) is 0 Å². The molecule has 5 aliphatic carbocycles. The third-order valence-corrected chi connectivity index (χ3v) is 19.1. The van der Waals surface area contributed by atoms with Crippen LogP contribution in [0.1, 0.15) is 92.9 Å². The molecule has 4 saturated carbocycles. The number of rotatable bonds is 9. The molecule has 8 aliphatic rings. The molecule has 0 amide bonds. The van der Waals surface area contributed by atoms with E-state index in [9.17, 15) is 66.4 Å². The highest BCUT2D eigenvalue weighted by Crippen LogP contribution is 2.76. The first kappa shape index (κ1) is 51.8. The lowest BCUT2D eigenvalue weighted by Crippen LogP contribution is -2.71. The summed E-state index contributed by atoms with van der Waals surface area (Å²) in [5.41, 5.74) is -4.33. The molecule has 0 spiro atoms. The van der Waals surface area contributed by atoms with Crippen molar-refractivity contribution in [2.24, 2.45) is 50.2 Å². The van der Waals surface area contributed by atoms with Crippen molar-refractivity contribution in [3.05, 3.63) is 11.6 Å². The zero-order valence-electron chi connectivity index (χ0n) is 39.3. The quantitative estimate of drug-likeness (QED) is 0.0656. The van der Waals surface area contributed by atoms with Gasteiger partial charge in [-0.2, -0.15) is 0 Å². The van der Waals surface area contributed by atoms with Gasteiger partial charge in [0.25, 0.3) is 0 Å². The summed E-state index contributed by atoms with van der Waals surface area (Å²) in [6.45, 7) is 9.66. The average Bonchev–Trinajstić information content (AvgIpc) is 3.27. The summed E-state index contributed by atoms with van der Waals surface area (Å²) in [6.07, 6.45) is -20.7. The number of esters is 1. The van der Waals surface area contributed by atoms with Crippen molar-refractivity contribution in [3.63, 3.8) is 0 Å². The van der Waals surface area contributed by atoms with Crippen molar-refractivity contribution in [2.45, 2.75) is 197 Å². The maximum atomic E-state index is 15.1. The highest BCUT2D eigenvalue weighted by molar-refractivity contribution is 5.80. The van der Waals surface area contributed by atoms with E-state index in [1.807, 2.05) is 0 Å². The molecule has 3 saturated heterocycles. The Morgan fingerprint density at radius 3 is 1.99 bits per heavy atom. The molecule has 0 bridgehead atoms. The van der Waals surface area contributed by atoms with Gasteiger partial charge in [0.05, 0.1) is 50.8 Å². The Kier molecular flexibility index (Phi) is 14.1. The van der Waals surface area contributed by atoms with Crippen LogP contribution in [0.5, 0.6) is 0 Å². The van der Waals surface area contributed by atoms with E-state index in [0.717, 1.165) is 5.57 Å². The second-order valence-corrected chi connectivity index (χ2v) is 23.0. The first-order valence-electron chi connectivity index (χ1n) is 24.1. The van der Waals surface area contributed by atoms with Crippen molar-refractivity contribution in [2.75, 3.05) is 26.4 Å². The number of aliphatic hydroxyl groups is 13. The Labute approximate surface area is 390 Å². The number of ether oxygens (including phenoxy) is 6. The molecule has 0 aromatic rings. The molecule has 20 nitrogen and oxygen atoms in total. The molecule has 20 heteroatoms. The highest BCUT2D eigenvalue weighted by Gasteiger charge is 2.73. The number of fused-ring (bicyclic) bond motifs is 7. The molecule has 0 radical (unpaired) electrons. The van der Waals surface area contributed by atoms with Crippen molar-refractivity contribution < 1.29 is 99.6 Å². The van der Waals surface area contributed by atoms with E-state index in [-0.39, 0.29) is 30.6 Å². The Bertz CT molecular complexity index is 1830. The van der Waals surface area contributed by atoms with Gasteiger partial charge in [-0.25, -0.2) is 0 Å². The molecule has 8 rings (SSSR count). The monoisotopic (exact) mass is 960 g/mol. The van der Waals surface area contributed by atoms with E-state index in [0.29, 0.717) is 32.1 Å². The Morgan fingerprint density at radius 1 is 0.701 bits per heavy atom. The molecular formula is C47H76O20. The van der Waals surface area contributed by atoms with E-state index in [1.165, 1.54) is 6.92 Å². The van der Waals surface area contributed by atoms with Crippen LogP contribution in [-0.4, -0.2) is 203 Å². The standard InChI is InChI=1S/C47H76O20/c1-20-29(54)32(57)34(59)38(63-20)65-36-30(55)24(52)17-62-40(36)67-41(61)47-12-11-42(2,3)13-22(47)21-7-8-26-43(4)14-23(51)37(66-39-35(60)33(58)31(56)25(16-48)64-39)46(18-49,19-50)27(43)9-10-44(26,5)45(21,6)15-28(47)53/h7,20,22-40,48-60H,8-19H2,1-6H3/t20-,22+,23-,24-,25+,26-,27-,28-,29+,30-,31+,32+,33+,34+,35+,36+,37+,38-,39+,40-,43-,44-,45-,47-/m1/s1. The molecule has 67 heavy (non-hydrogen) atoms. The molecular weight excluding hydrogens is 884 g/mol. The van der Waals surface area contributed by atoms with Gasteiger partial charge in [-0.3, -0.25) is 4.79 Å². The number of aliphatic hydroxyl groups excluding tert-OH is 13. The van der Waals surface area contributed by atoms with Gasteiger partial charge in [0.1, 0.15) is 60.4 Å². The smallest absolute Gasteiger partial charge is 0.317 e. The summed E-state index contributed by atoms with van der Waals surface area (Å²) in [4.78, 5) is 15.1. The molecule has 0 aromatic carbocycles. The van der Waals surface area contributed by atoms with Crippen LogP contribution in [0.4, 0.5) is 0 Å². The normalized spacial score (nSPS) is 53.8. The first-order valence-corrected chi connectivity index (χ1v) is 24.1. The number of carbonyl (C=O) groups is 1. The van der Waals surface area contributed by atoms with Crippen LogP contribution in [0.25, 0.3) is 0 Å². The van der Waals surface area contributed by atoms with Crippen LogP contribution in [-0.2, 0) is 33.2 Å². The number of hydrogen-bond donors (Lipinski definition) is 13. The van der Waals surface area contributed by atoms with Gasteiger partial charge in [0, 0.05) is 5.41 Å². The maximum Gasteiger partial charge on any atom is 0.317 e. The molecule has 3 heterocycles. The maximum absolute atomic E-state index is 15.1. The van der Waals surface area contributed by atoms with Crippen LogP contribution in [0.2, 0.25) is 0 Å². The predicted octanol–water partition coefficient (Wildman–Crippen LogP) is -2.31. The third-order valence-electron chi connectivity index (χ3n) is 19.1. The summed E-state index contributed by atoms with van der Waals surface area (Å²) in [5, 5.41) is 142. The second-order valence-electron chi connectivity index (χ2n) is 23.0. The van der Waals surface area contributed by atoms with E-state index in [4.69, 9.17) is 28.4 Å². The van der Waals surface area contributed by atoms with Crippen molar-refractivity contribution in [1.29, 1.82) is 0 Å². The van der Waals surface area contributed by atoms with Crippen LogP contribution in [0, 0.1) is 50.2 Å². The van der Waals surface area contributed by atoms with E-state index < -0.39 is 176 Å². The Hall–Kier alpha value is -1.51. The lowest BCUT2D eigenvalue weighted by atomic mass is 9.33. The van der Waals surface area contributed by atoms with Gasteiger partial charge in [0.15, 0.2) is 18.7 Å². The van der Waals surface area contributed by atoms with Crippen molar-refractivity contribution >= 4 is 5.97 Å². The highest BCUT2D eigenvalue weighted by atomic mass is 16.8. The van der Waals surface area contributed by atoms with E-state index in [2.05, 4.69) is 40.7 Å². The summed E-state index contributed by atoms with van der Waals surface area (Å²) in [7, 11) is 0. The van der Waals surface area contributed by atoms with Gasteiger partial charge in [-0.05, 0) is 97.7 Å². The van der Waals surface area contributed by atoms with Crippen molar-refractivity contribution in [1.82, 2.24) is 0 Å². The number of carbonyl (C=O) groups excluding carboxylic acids is 1. The largest absolute Gasteiger partial charge is 0.432 e. The second kappa shape index (κ2) is 18.2. The Morgan fingerprint density at radius 2 is 1.34 bits per heavy atom. The fourth-order valence-corrected chi connectivity index (χ4v) is 15.0. The summed E-state index contributed by atoms with van der Waals surface area (Å²) in [5.74, 6) is -1.99. The minimum absolute atomic E-state index is 0.141. The number of hydrogen-bond acceptors (Lipinski definition) is 20. The third kappa shape index (κ3) is 7.82. The topological polar surface area (TPSA) is 335 Å². The molecule has 384 valence electrons. The molecule has 13 N–H and O–H groups in total. The van der Waals surface area contributed by atoms with Crippen LogP contribution >= 0.6 is 0 Å². The lowest BCUT2D eigenvalue weighted by molar-refractivity contribution is -0.351. The molecule has 3 aliphatic heterocycles. The Balaban J connectivity index is 1.10. The van der Waals surface area contributed by atoms with Gasteiger partial charge in [-0.1, -0.05) is 46.3 Å². The van der Waals surface area contributed by atoms with E-state index in [1.54, 1.807) is 0 Å². The fourth-order valence-electron chi connectivity index (χ4n) is 15.0. The van der Waals surface area contributed by atoms with Crippen LogP contribution in [0.15, 0.2) is 11.6 Å². The average molecular weight is 961 g/mol. The lowest BCUT2D eigenvalue weighted by Gasteiger charge is -2.72. The van der Waals surface area contributed by atoms with Crippen LogP contribution < -0.4 is 0 Å². The first-order chi connectivity index (χ1) is 31.3. The van der Waals surface area contributed by atoms with Gasteiger partial charge in [0.2, 0.25) is 6.29 Å². The zero-order valence-corrected chi connectivity index (χ0v) is 39.3. The number of allylic oxidation sites excluding steroid dienone is 2. The van der Waals surface area contributed by atoms with Crippen LogP contribution in [0.3, 0.4) is 0 Å². The van der Waals surface area contributed by atoms with E-state index >= 15 is 4.79 Å². The SMILES string of the molecule is C[C@H]1O[C@H](O[C@@H]2[C@@H](OC(=O)[C@]34CCC(C)(C)C[C@H]3C3=CC[C@@H]5[C@@]6(C)C[C@@H](O)[C@H](O[C@@H]7O[C@@H](CO)[C@H](O)[C@H](O)[C@@H]7O)C(CO)(CO)[C@@H]6CC[C@@]5(C)[C@]3(C)C[C@H]4O)OC[C@@H](O)[C@H]2O)[C@@H](O)[C@@H](O)[C@H]1O. The minimum Gasteiger partial charge on any atom is -0.432 e.